The Bertz CT molecular complexity index is 225. The van der Waals surface area contributed by atoms with Crippen molar-refractivity contribution in [3.63, 3.8) is 0 Å². The summed E-state index contributed by atoms with van der Waals surface area (Å²) < 4.78 is 18.6. The normalized spacial score (nSPS) is 10.5. The first-order valence-electron chi connectivity index (χ1n) is 4.03. The van der Waals surface area contributed by atoms with Gasteiger partial charge in [-0.05, 0) is 13.0 Å². The molecule has 0 aliphatic heterocycles. The third-order valence-corrected chi connectivity index (χ3v) is 1.46. The predicted octanol–water partition coefficient (Wildman–Crippen LogP) is 1.39. The van der Waals surface area contributed by atoms with Gasteiger partial charge in [-0.3, -0.25) is 4.68 Å². The van der Waals surface area contributed by atoms with Crippen molar-refractivity contribution in [1.82, 2.24) is 9.78 Å². The van der Waals surface area contributed by atoms with Crippen molar-refractivity contribution in [1.29, 1.82) is 0 Å². The van der Waals surface area contributed by atoms with Crippen LogP contribution in [0.15, 0.2) is 12.3 Å². The van der Waals surface area contributed by atoms with Gasteiger partial charge in [0.15, 0.2) is 0 Å². The molecular weight excluding hydrogens is 159 g/mol. The molecule has 3 nitrogen and oxygen atoms in total. The summed E-state index contributed by atoms with van der Waals surface area (Å²) >= 11 is 0. The van der Waals surface area contributed by atoms with Gasteiger partial charge >= 0.3 is 0 Å². The Kier molecular flexibility index (Phi) is 3.73. The minimum absolute atomic E-state index is 0.326. The standard InChI is InChI=1S/C8H13FN2O/c1-2-12-7-8-3-5-11(10-8)6-4-9/h3,5H,2,4,6-7H2,1H3. The Labute approximate surface area is 71.1 Å². The maximum atomic E-state index is 11.8. The van der Waals surface area contributed by atoms with Crippen LogP contribution >= 0.6 is 0 Å². The van der Waals surface area contributed by atoms with Gasteiger partial charge < -0.3 is 4.74 Å². The number of ether oxygens (including phenoxy) is 1. The quantitative estimate of drug-likeness (QED) is 0.671. The van der Waals surface area contributed by atoms with E-state index in [1.165, 1.54) is 0 Å². The van der Waals surface area contributed by atoms with Crippen LogP contribution in [0.25, 0.3) is 0 Å². The van der Waals surface area contributed by atoms with E-state index in [1.54, 1.807) is 10.9 Å². The Balaban J connectivity index is 2.41. The van der Waals surface area contributed by atoms with E-state index in [0.717, 1.165) is 5.69 Å². The molecule has 1 heterocycles. The van der Waals surface area contributed by atoms with Crippen LogP contribution in [0.3, 0.4) is 0 Å². The Hall–Kier alpha value is -0.900. The Morgan fingerprint density at radius 2 is 2.50 bits per heavy atom. The van der Waals surface area contributed by atoms with Crippen molar-refractivity contribution in [2.45, 2.75) is 20.1 Å². The monoisotopic (exact) mass is 172 g/mol. The smallest absolute Gasteiger partial charge is 0.109 e. The summed E-state index contributed by atoms with van der Waals surface area (Å²) in [5.74, 6) is 0. The van der Waals surface area contributed by atoms with Crippen molar-refractivity contribution in [3.05, 3.63) is 18.0 Å². The zero-order chi connectivity index (χ0) is 8.81. The van der Waals surface area contributed by atoms with Gasteiger partial charge in [-0.25, -0.2) is 4.39 Å². The number of hydrogen-bond donors (Lipinski definition) is 0. The lowest BCUT2D eigenvalue weighted by atomic mass is 10.5. The molecule has 12 heavy (non-hydrogen) atoms. The lowest BCUT2D eigenvalue weighted by Crippen LogP contribution is -2.01. The average molecular weight is 172 g/mol. The van der Waals surface area contributed by atoms with E-state index in [2.05, 4.69) is 5.10 Å². The molecule has 1 aromatic rings. The third-order valence-electron chi connectivity index (χ3n) is 1.46. The van der Waals surface area contributed by atoms with Crippen LogP contribution in [-0.2, 0) is 17.9 Å². The molecule has 0 saturated carbocycles. The minimum atomic E-state index is -0.379. The van der Waals surface area contributed by atoms with Gasteiger partial charge in [0.1, 0.15) is 6.67 Å². The summed E-state index contributed by atoms with van der Waals surface area (Å²) in [5.41, 5.74) is 0.852. The highest BCUT2D eigenvalue weighted by atomic mass is 19.1. The van der Waals surface area contributed by atoms with Gasteiger partial charge in [0.05, 0.1) is 18.8 Å². The molecular formula is C8H13FN2O. The van der Waals surface area contributed by atoms with E-state index >= 15 is 0 Å². The molecule has 0 amide bonds. The summed E-state index contributed by atoms with van der Waals surface area (Å²) in [5, 5.41) is 4.09. The number of aromatic nitrogens is 2. The number of alkyl halides is 1. The molecule has 68 valence electrons. The fourth-order valence-electron chi connectivity index (χ4n) is 0.898. The molecule has 1 aromatic heterocycles. The molecule has 4 heteroatoms. The molecule has 0 bridgehead atoms. The van der Waals surface area contributed by atoms with Gasteiger partial charge in [0, 0.05) is 12.8 Å². The molecule has 0 spiro atoms. The highest BCUT2D eigenvalue weighted by molar-refractivity contribution is 4.96. The molecule has 0 unspecified atom stereocenters. The molecule has 0 radical (unpaired) electrons. The number of hydrogen-bond acceptors (Lipinski definition) is 2. The first kappa shape index (κ1) is 9.19. The summed E-state index contributed by atoms with van der Waals surface area (Å²) in [4.78, 5) is 0. The molecule has 0 aliphatic carbocycles. The number of rotatable bonds is 5. The second kappa shape index (κ2) is 4.87. The molecule has 1 rings (SSSR count). The van der Waals surface area contributed by atoms with Gasteiger partial charge in [-0.15, -0.1) is 0 Å². The third kappa shape index (κ3) is 2.62. The van der Waals surface area contributed by atoms with E-state index in [4.69, 9.17) is 4.74 Å². The average Bonchev–Trinajstić information content (AvgIpc) is 2.50. The Morgan fingerprint density at radius 1 is 1.67 bits per heavy atom. The zero-order valence-corrected chi connectivity index (χ0v) is 7.16. The van der Waals surface area contributed by atoms with Crippen LogP contribution in [0, 0.1) is 0 Å². The first-order chi connectivity index (χ1) is 5.86. The van der Waals surface area contributed by atoms with E-state index in [-0.39, 0.29) is 6.67 Å². The van der Waals surface area contributed by atoms with Crippen LogP contribution in [0.1, 0.15) is 12.6 Å². The minimum Gasteiger partial charge on any atom is -0.375 e. The first-order valence-corrected chi connectivity index (χ1v) is 4.03. The summed E-state index contributed by atoms with van der Waals surface area (Å²) in [6, 6.07) is 1.84. The maximum Gasteiger partial charge on any atom is 0.109 e. The summed E-state index contributed by atoms with van der Waals surface area (Å²) in [7, 11) is 0. The van der Waals surface area contributed by atoms with Crippen LogP contribution in [-0.4, -0.2) is 23.1 Å². The second-order valence-corrected chi connectivity index (χ2v) is 2.40. The van der Waals surface area contributed by atoms with Crippen molar-refractivity contribution < 1.29 is 9.13 Å². The highest BCUT2D eigenvalue weighted by Gasteiger charge is 1.97. The van der Waals surface area contributed by atoms with Crippen LogP contribution in [0.5, 0.6) is 0 Å². The van der Waals surface area contributed by atoms with E-state index in [9.17, 15) is 4.39 Å². The number of nitrogens with zero attached hydrogens (tertiary/aromatic N) is 2. The van der Waals surface area contributed by atoms with Gasteiger partial charge in [0.2, 0.25) is 0 Å². The molecule has 0 aromatic carbocycles. The zero-order valence-electron chi connectivity index (χ0n) is 7.16. The van der Waals surface area contributed by atoms with Gasteiger partial charge in [0.25, 0.3) is 0 Å². The van der Waals surface area contributed by atoms with Gasteiger partial charge in [-0.2, -0.15) is 5.10 Å². The number of halogens is 1. The summed E-state index contributed by atoms with van der Waals surface area (Å²) in [6.45, 7) is 3.06. The largest absolute Gasteiger partial charge is 0.375 e. The summed E-state index contributed by atoms with van der Waals surface area (Å²) in [6.07, 6.45) is 1.76. The van der Waals surface area contributed by atoms with Crippen LogP contribution in [0.2, 0.25) is 0 Å². The van der Waals surface area contributed by atoms with Crippen molar-refractivity contribution in [3.8, 4) is 0 Å². The van der Waals surface area contributed by atoms with Gasteiger partial charge in [-0.1, -0.05) is 0 Å². The SMILES string of the molecule is CCOCc1ccn(CCF)n1. The van der Waals surface area contributed by atoms with E-state index in [1.807, 2.05) is 13.0 Å². The molecule has 0 atom stereocenters. The fraction of sp³-hybridized carbons (Fsp3) is 0.625. The fourth-order valence-corrected chi connectivity index (χ4v) is 0.898. The second-order valence-electron chi connectivity index (χ2n) is 2.40. The van der Waals surface area contributed by atoms with Crippen LogP contribution < -0.4 is 0 Å². The topological polar surface area (TPSA) is 27.1 Å². The number of aryl methyl sites for hydroxylation is 1. The highest BCUT2D eigenvalue weighted by Crippen LogP contribution is 1.97. The van der Waals surface area contributed by atoms with E-state index < -0.39 is 0 Å². The van der Waals surface area contributed by atoms with Crippen molar-refractivity contribution in [2.24, 2.45) is 0 Å². The van der Waals surface area contributed by atoms with E-state index in [0.29, 0.717) is 19.8 Å². The van der Waals surface area contributed by atoms with Crippen LogP contribution in [0.4, 0.5) is 4.39 Å². The Morgan fingerprint density at radius 3 is 3.17 bits per heavy atom. The maximum absolute atomic E-state index is 11.8. The molecule has 0 fully saturated rings. The lowest BCUT2D eigenvalue weighted by Gasteiger charge is -1.96. The lowest BCUT2D eigenvalue weighted by molar-refractivity contribution is 0.130. The van der Waals surface area contributed by atoms with Crippen molar-refractivity contribution in [2.75, 3.05) is 13.3 Å². The van der Waals surface area contributed by atoms with Crippen molar-refractivity contribution >= 4 is 0 Å². The predicted molar refractivity (Wildman–Crippen MR) is 43.5 cm³/mol. The molecule has 0 aliphatic rings. The molecule has 0 saturated heterocycles. The molecule has 0 N–H and O–H groups in total.